The van der Waals surface area contributed by atoms with Gasteiger partial charge in [0.15, 0.2) is 0 Å². The molecule has 8 heteroatoms. The van der Waals surface area contributed by atoms with Crippen LogP contribution in [-0.4, -0.2) is 82.8 Å². The average molecular weight is 375 g/mol. The molecule has 8 nitrogen and oxygen atoms in total. The number of rotatable bonds is 5. The molecule has 1 aromatic heterocycles. The fourth-order valence-corrected chi connectivity index (χ4v) is 4.03. The van der Waals surface area contributed by atoms with Crippen LogP contribution in [0.25, 0.3) is 0 Å². The summed E-state index contributed by atoms with van der Waals surface area (Å²) >= 11 is 0. The van der Waals surface area contributed by atoms with Gasteiger partial charge < -0.3 is 15.0 Å². The second-order valence-corrected chi connectivity index (χ2v) is 7.65. The Bertz CT molecular complexity index is 646. The van der Waals surface area contributed by atoms with Gasteiger partial charge in [0.1, 0.15) is 0 Å². The van der Waals surface area contributed by atoms with Crippen LogP contribution in [0.5, 0.6) is 0 Å². The molecule has 0 spiro atoms. The Balaban J connectivity index is 1.47. The van der Waals surface area contributed by atoms with E-state index in [0.717, 1.165) is 12.8 Å². The van der Waals surface area contributed by atoms with E-state index in [4.69, 9.17) is 4.74 Å². The normalized spacial score (nSPS) is 28.9. The highest BCUT2D eigenvalue weighted by Crippen LogP contribution is 2.25. The maximum Gasteiger partial charge on any atom is 0.253 e. The molecule has 3 heterocycles. The second-order valence-electron chi connectivity index (χ2n) is 7.65. The highest BCUT2D eigenvalue weighted by Gasteiger charge is 2.34. The minimum absolute atomic E-state index is 0.0876. The standard InChI is InChI=1S/C19H29N5O3/c1-13-11-24(12-14(2)27-13)18(25)8-16-4-5-17(23(16)3)10-20-19(26)15-6-7-21-22-9-15/h6-7,9,13-14,16-17H,4-5,8,10-12H2,1-3H3,(H,20,26)/t13-,14+,16-,17+/m1/s1. The van der Waals surface area contributed by atoms with Gasteiger partial charge in [-0.1, -0.05) is 0 Å². The monoisotopic (exact) mass is 375 g/mol. The van der Waals surface area contributed by atoms with Crippen molar-refractivity contribution in [3.05, 3.63) is 24.0 Å². The third-order valence-corrected chi connectivity index (χ3v) is 5.51. The molecule has 3 rings (SSSR count). The van der Waals surface area contributed by atoms with Crippen molar-refractivity contribution in [2.24, 2.45) is 0 Å². The highest BCUT2D eigenvalue weighted by atomic mass is 16.5. The Hall–Kier alpha value is -2.06. The number of nitrogens with zero attached hydrogens (tertiary/aromatic N) is 4. The summed E-state index contributed by atoms with van der Waals surface area (Å²) < 4.78 is 5.71. The van der Waals surface area contributed by atoms with Gasteiger partial charge in [-0.05, 0) is 39.8 Å². The number of aromatic nitrogens is 2. The Morgan fingerprint density at radius 1 is 1.19 bits per heavy atom. The smallest absolute Gasteiger partial charge is 0.253 e. The average Bonchev–Trinajstić information content (AvgIpc) is 2.99. The maximum atomic E-state index is 12.7. The van der Waals surface area contributed by atoms with E-state index in [2.05, 4.69) is 20.4 Å². The first-order valence-corrected chi connectivity index (χ1v) is 9.64. The summed E-state index contributed by atoms with van der Waals surface area (Å²) in [5.74, 6) is 0.0514. The Morgan fingerprint density at radius 3 is 2.56 bits per heavy atom. The van der Waals surface area contributed by atoms with Crippen molar-refractivity contribution in [2.75, 3.05) is 26.7 Å². The lowest BCUT2D eigenvalue weighted by molar-refractivity contribution is -0.144. The van der Waals surface area contributed by atoms with Gasteiger partial charge in [-0.2, -0.15) is 10.2 Å². The van der Waals surface area contributed by atoms with Crippen LogP contribution in [0, 0.1) is 0 Å². The predicted octanol–water partition coefficient (Wildman–Crippen LogP) is 0.695. The molecule has 0 unspecified atom stereocenters. The number of carbonyl (C=O) groups is 2. The summed E-state index contributed by atoms with van der Waals surface area (Å²) in [4.78, 5) is 29.0. The molecule has 0 aliphatic carbocycles. The van der Waals surface area contributed by atoms with E-state index in [9.17, 15) is 9.59 Å². The van der Waals surface area contributed by atoms with E-state index in [1.807, 2.05) is 25.8 Å². The summed E-state index contributed by atoms with van der Waals surface area (Å²) in [6.45, 7) is 5.91. The summed E-state index contributed by atoms with van der Waals surface area (Å²) in [6.07, 6.45) is 5.60. The number of likely N-dealkylation sites (tertiary alicyclic amines) is 1. The highest BCUT2D eigenvalue weighted by molar-refractivity contribution is 5.93. The van der Waals surface area contributed by atoms with E-state index < -0.39 is 0 Å². The van der Waals surface area contributed by atoms with Gasteiger partial charge in [0.2, 0.25) is 5.91 Å². The lowest BCUT2D eigenvalue weighted by Crippen LogP contribution is -2.49. The van der Waals surface area contributed by atoms with Gasteiger partial charge in [-0.3, -0.25) is 14.5 Å². The van der Waals surface area contributed by atoms with Crippen LogP contribution >= 0.6 is 0 Å². The first-order chi connectivity index (χ1) is 12.9. The van der Waals surface area contributed by atoms with Gasteiger partial charge >= 0.3 is 0 Å². The molecule has 1 N–H and O–H groups in total. The molecular formula is C19H29N5O3. The van der Waals surface area contributed by atoms with Gasteiger partial charge in [0.25, 0.3) is 5.91 Å². The van der Waals surface area contributed by atoms with Crippen molar-refractivity contribution in [1.29, 1.82) is 0 Å². The van der Waals surface area contributed by atoms with E-state index in [1.54, 1.807) is 6.07 Å². The maximum absolute atomic E-state index is 12.7. The molecule has 4 atom stereocenters. The van der Waals surface area contributed by atoms with Crippen LogP contribution in [0.15, 0.2) is 18.5 Å². The molecular weight excluding hydrogens is 346 g/mol. The molecule has 0 aromatic carbocycles. The minimum atomic E-state index is -0.144. The topological polar surface area (TPSA) is 87.7 Å². The number of hydrogen-bond donors (Lipinski definition) is 1. The minimum Gasteiger partial charge on any atom is -0.372 e. The molecule has 2 saturated heterocycles. The van der Waals surface area contributed by atoms with Gasteiger partial charge in [0, 0.05) is 38.1 Å². The fraction of sp³-hybridized carbons (Fsp3) is 0.684. The largest absolute Gasteiger partial charge is 0.372 e. The van der Waals surface area contributed by atoms with Crippen molar-refractivity contribution in [2.45, 2.75) is 57.4 Å². The van der Waals surface area contributed by atoms with Gasteiger partial charge in [-0.15, -0.1) is 0 Å². The number of amides is 2. The van der Waals surface area contributed by atoms with Crippen LogP contribution in [0.2, 0.25) is 0 Å². The van der Waals surface area contributed by atoms with Crippen molar-refractivity contribution in [3.8, 4) is 0 Å². The van der Waals surface area contributed by atoms with E-state index in [0.29, 0.717) is 31.6 Å². The Labute approximate surface area is 160 Å². The van der Waals surface area contributed by atoms with Crippen LogP contribution < -0.4 is 5.32 Å². The number of nitrogens with one attached hydrogen (secondary N) is 1. The number of hydrogen-bond acceptors (Lipinski definition) is 6. The predicted molar refractivity (Wildman–Crippen MR) is 100 cm³/mol. The number of morpholine rings is 1. The molecule has 2 aliphatic heterocycles. The van der Waals surface area contributed by atoms with Crippen molar-refractivity contribution in [1.82, 2.24) is 25.3 Å². The zero-order chi connectivity index (χ0) is 19.4. The molecule has 2 amide bonds. The van der Waals surface area contributed by atoms with Gasteiger partial charge in [-0.25, -0.2) is 0 Å². The fourth-order valence-electron chi connectivity index (χ4n) is 4.03. The third-order valence-electron chi connectivity index (χ3n) is 5.51. The van der Waals surface area contributed by atoms with Crippen LogP contribution in [0.3, 0.4) is 0 Å². The molecule has 2 aliphatic rings. The molecule has 27 heavy (non-hydrogen) atoms. The molecule has 0 bridgehead atoms. The zero-order valence-corrected chi connectivity index (χ0v) is 16.3. The summed E-state index contributed by atoms with van der Waals surface area (Å²) in [6, 6.07) is 2.10. The van der Waals surface area contributed by atoms with E-state index in [1.165, 1.54) is 12.4 Å². The van der Waals surface area contributed by atoms with E-state index in [-0.39, 0.29) is 36.1 Å². The molecule has 2 fully saturated rings. The van der Waals surface area contributed by atoms with Crippen LogP contribution in [0.1, 0.15) is 43.5 Å². The lowest BCUT2D eigenvalue weighted by atomic mass is 10.1. The molecule has 1 aromatic rings. The van der Waals surface area contributed by atoms with Crippen molar-refractivity contribution in [3.63, 3.8) is 0 Å². The molecule has 0 radical (unpaired) electrons. The van der Waals surface area contributed by atoms with Crippen molar-refractivity contribution < 1.29 is 14.3 Å². The Kier molecular flexibility index (Phi) is 6.38. The van der Waals surface area contributed by atoms with Crippen LogP contribution in [0.4, 0.5) is 0 Å². The first-order valence-electron chi connectivity index (χ1n) is 9.64. The second kappa shape index (κ2) is 8.75. The van der Waals surface area contributed by atoms with Crippen molar-refractivity contribution >= 4 is 11.8 Å². The quantitative estimate of drug-likeness (QED) is 0.815. The summed E-state index contributed by atoms with van der Waals surface area (Å²) in [7, 11) is 2.04. The molecule has 0 saturated carbocycles. The first kappa shape index (κ1) is 19.7. The molecule has 148 valence electrons. The van der Waals surface area contributed by atoms with Gasteiger partial charge in [0.05, 0.1) is 30.2 Å². The SMILES string of the molecule is C[C@@H]1CN(C(=O)C[C@H]2CC[C@@H](CNC(=O)c3ccnnc3)N2C)C[C@H](C)O1. The third kappa shape index (κ3) is 5.01. The number of carbonyl (C=O) groups excluding carboxylic acids is 2. The Morgan fingerprint density at radius 2 is 1.89 bits per heavy atom. The zero-order valence-electron chi connectivity index (χ0n) is 16.3. The van der Waals surface area contributed by atoms with Crippen LogP contribution in [-0.2, 0) is 9.53 Å². The van der Waals surface area contributed by atoms with E-state index >= 15 is 0 Å². The number of likely N-dealkylation sites (N-methyl/N-ethyl adjacent to an activating group) is 1. The summed E-state index contributed by atoms with van der Waals surface area (Å²) in [5, 5.41) is 10.4. The summed E-state index contributed by atoms with van der Waals surface area (Å²) in [5.41, 5.74) is 0.507. The lowest BCUT2D eigenvalue weighted by Gasteiger charge is -2.36. The number of ether oxygens (including phenoxy) is 1.